The normalized spacial score (nSPS) is 18.4. The monoisotopic (exact) mass is 549 g/mol. The summed E-state index contributed by atoms with van der Waals surface area (Å²) in [6.07, 6.45) is -1.54. The molecule has 4 nitrogen and oxygen atoms in total. The number of amides is 1. The minimum atomic E-state index is -4.52. The highest BCUT2D eigenvalue weighted by Gasteiger charge is 2.48. The van der Waals surface area contributed by atoms with Gasteiger partial charge in [-0.05, 0) is 93.0 Å². The molecule has 4 rings (SSSR count). The van der Waals surface area contributed by atoms with Crippen LogP contribution in [0.1, 0.15) is 69.6 Å². The third kappa shape index (κ3) is 6.90. The van der Waals surface area contributed by atoms with Gasteiger partial charge in [-0.2, -0.15) is 13.2 Å². The summed E-state index contributed by atoms with van der Waals surface area (Å²) in [6.45, 7) is 6.52. The summed E-state index contributed by atoms with van der Waals surface area (Å²) in [5.41, 5.74) is 2.44. The van der Waals surface area contributed by atoms with E-state index >= 15 is 0 Å². The smallest absolute Gasteiger partial charge is 0.392 e. The molecule has 0 saturated heterocycles. The van der Waals surface area contributed by atoms with Crippen LogP contribution >= 0.6 is 11.6 Å². The van der Waals surface area contributed by atoms with Crippen molar-refractivity contribution in [3.05, 3.63) is 64.2 Å². The van der Waals surface area contributed by atoms with Gasteiger partial charge >= 0.3 is 12.1 Å². The molecule has 8 heteroatoms. The number of esters is 1. The van der Waals surface area contributed by atoms with Crippen molar-refractivity contribution >= 4 is 29.2 Å². The Morgan fingerprint density at radius 2 is 1.63 bits per heavy atom. The van der Waals surface area contributed by atoms with Crippen LogP contribution in [0.4, 0.5) is 18.9 Å². The van der Waals surface area contributed by atoms with E-state index in [1.165, 1.54) is 0 Å². The fourth-order valence-corrected chi connectivity index (χ4v) is 5.77. The van der Waals surface area contributed by atoms with Gasteiger partial charge < -0.3 is 10.1 Å². The highest BCUT2D eigenvalue weighted by atomic mass is 35.5. The lowest BCUT2D eigenvalue weighted by Crippen LogP contribution is -2.41. The van der Waals surface area contributed by atoms with Crippen LogP contribution in [-0.4, -0.2) is 23.7 Å². The molecule has 0 heterocycles. The molecule has 2 aliphatic rings. The first-order chi connectivity index (χ1) is 17.7. The van der Waals surface area contributed by atoms with Gasteiger partial charge in [0, 0.05) is 0 Å². The summed E-state index contributed by atoms with van der Waals surface area (Å²) in [4.78, 5) is 26.1. The van der Waals surface area contributed by atoms with Crippen LogP contribution in [0.2, 0.25) is 5.02 Å². The lowest BCUT2D eigenvalue weighted by molar-refractivity contribution is -0.190. The number of ether oxygens (including phenoxy) is 1. The van der Waals surface area contributed by atoms with Crippen molar-refractivity contribution in [2.24, 2.45) is 23.7 Å². The molecule has 1 amide bonds. The van der Waals surface area contributed by atoms with Gasteiger partial charge in [0.15, 0.2) is 0 Å². The second-order valence-electron chi connectivity index (χ2n) is 11.8. The highest BCUT2D eigenvalue weighted by molar-refractivity contribution is 6.33. The predicted molar refractivity (Wildman–Crippen MR) is 142 cm³/mol. The number of nitrogens with one attached hydrogen (secondary N) is 1. The Hall–Kier alpha value is -2.54. The molecule has 0 radical (unpaired) electrons. The predicted octanol–water partition coefficient (Wildman–Crippen LogP) is 7.73. The van der Waals surface area contributed by atoms with Crippen molar-refractivity contribution in [3.8, 4) is 0 Å². The summed E-state index contributed by atoms with van der Waals surface area (Å²) in [6, 6.07) is 12.7. The van der Waals surface area contributed by atoms with E-state index in [1.54, 1.807) is 12.1 Å². The Morgan fingerprint density at radius 1 is 1.03 bits per heavy atom. The van der Waals surface area contributed by atoms with E-state index in [9.17, 15) is 22.8 Å². The minimum absolute atomic E-state index is 0.119. The van der Waals surface area contributed by atoms with Gasteiger partial charge in [-0.1, -0.05) is 48.9 Å². The Labute approximate surface area is 227 Å². The van der Waals surface area contributed by atoms with Crippen LogP contribution in [0.3, 0.4) is 0 Å². The molecule has 38 heavy (non-hydrogen) atoms. The molecule has 0 aliphatic heterocycles. The number of hydrogen-bond acceptors (Lipinski definition) is 3. The second kappa shape index (κ2) is 10.9. The van der Waals surface area contributed by atoms with Gasteiger partial charge in [0.25, 0.3) is 0 Å². The van der Waals surface area contributed by atoms with Gasteiger partial charge in [-0.25, -0.2) is 0 Å². The van der Waals surface area contributed by atoms with Gasteiger partial charge in [-0.15, -0.1) is 0 Å². The van der Waals surface area contributed by atoms with Crippen molar-refractivity contribution in [1.29, 1.82) is 0 Å². The average Bonchev–Trinajstić information content (AvgIpc) is 3.56. The summed E-state index contributed by atoms with van der Waals surface area (Å²) in [5, 5.41) is 2.96. The zero-order valence-corrected chi connectivity index (χ0v) is 23.0. The number of fused-ring (bicyclic) bond motifs is 1. The molecule has 2 aromatic rings. The molecule has 1 N–H and O–H groups in total. The first kappa shape index (κ1) is 28.5. The van der Waals surface area contributed by atoms with Gasteiger partial charge in [0.2, 0.25) is 5.91 Å². The molecular weight excluding hydrogens is 515 g/mol. The number of hydrogen-bond donors (Lipinski definition) is 1. The lowest BCUT2D eigenvalue weighted by Gasteiger charge is -2.30. The Morgan fingerprint density at radius 3 is 2.16 bits per heavy atom. The second-order valence-corrected chi connectivity index (χ2v) is 12.2. The molecule has 2 aliphatic carbocycles. The molecule has 0 bridgehead atoms. The molecular formula is C30H35ClF3NO3. The van der Waals surface area contributed by atoms with Gasteiger partial charge in [0.05, 0.1) is 29.0 Å². The number of alkyl halides is 3. The fraction of sp³-hybridized carbons (Fsp3) is 0.533. The molecule has 0 unspecified atom stereocenters. The first-order valence-electron chi connectivity index (χ1n) is 13.2. The molecule has 0 aromatic heterocycles. The molecule has 2 aromatic carbocycles. The summed E-state index contributed by atoms with van der Waals surface area (Å²) >= 11 is 6.41. The van der Waals surface area contributed by atoms with Crippen LogP contribution in [0, 0.1) is 23.7 Å². The maximum atomic E-state index is 13.9. The van der Waals surface area contributed by atoms with Crippen LogP contribution in [-0.2, 0) is 27.2 Å². The summed E-state index contributed by atoms with van der Waals surface area (Å²) in [7, 11) is 0. The third-order valence-corrected chi connectivity index (χ3v) is 7.95. The number of carbonyl (C=O) groups is 2. The fourth-order valence-electron chi connectivity index (χ4n) is 5.60. The zero-order valence-electron chi connectivity index (χ0n) is 22.2. The minimum Gasteiger partial charge on any atom is -0.460 e. The van der Waals surface area contributed by atoms with Crippen LogP contribution in [0.15, 0.2) is 42.5 Å². The van der Waals surface area contributed by atoms with E-state index in [-0.39, 0.29) is 29.0 Å². The van der Waals surface area contributed by atoms with Crippen molar-refractivity contribution in [1.82, 2.24) is 0 Å². The van der Waals surface area contributed by atoms with Crippen LogP contribution in [0.25, 0.3) is 0 Å². The van der Waals surface area contributed by atoms with Crippen molar-refractivity contribution in [3.63, 3.8) is 0 Å². The van der Waals surface area contributed by atoms with Gasteiger partial charge in [0.1, 0.15) is 5.60 Å². The van der Waals surface area contributed by atoms with Crippen molar-refractivity contribution in [2.45, 2.75) is 77.5 Å². The standard InChI is InChI=1S/C30H35ClF3NO3/c1-17(30(32,33)34)27(22-13-19-7-5-6-8-20(19)14-22)28(37)35-25-15-21(11-12-24(25)31)23(18-9-10-18)16-26(36)38-29(2,3)4/h5-8,11-12,15,17-18,22-23,27H,9-10,13-14,16H2,1-4H3,(H,35,37)/t17-,23+,27-/m1/s1. The molecule has 1 fully saturated rings. The Kier molecular flexibility index (Phi) is 8.17. The van der Waals surface area contributed by atoms with E-state index in [2.05, 4.69) is 5.32 Å². The Balaban J connectivity index is 1.57. The lowest BCUT2D eigenvalue weighted by atomic mass is 9.79. The van der Waals surface area contributed by atoms with E-state index in [0.717, 1.165) is 36.5 Å². The maximum Gasteiger partial charge on any atom is 0.392 e. The molecule has 0 spiro atoms. The highest BCUT2D eigenvalue weighted by Crippen LogP contribution is 2.46. The number of benzene rings is 2. The van der Waals surface area contributed by atoms with E-state index in [4.69, 9.17) is 16.3 Å². The van der Waals surface area contributed by atoms with Crippen LogP contribution in [0.5, 0.6) is 0 Å². The number of carbonyl (C=O) groups excluding carboxylic acids is 2. The quantitative estimate of drug-likeness (QED) is 0.343. The topological polar surface area (TPSA) is 55.4 Å². The number of halogens is 4. The molecule has 206 valence electrons. The van der Waals surface area contributed by atoms with Crippen molar-refractivity contribution < 1.29 is 27.5 Å². The maximum absolute atomic E-state index is 13.9. The third-order valence-electron chi connectivity index (χ3n) is 7.62. The van der Waals surface area contributed by atoms with Crippen LogP contribution < -0.4 is 5.32 Å². The number of anilines is 1. The zero-order chi connectivity index (χ0) is 27.8. The first-order valence-corrected chi connectivity index (χ1v) is 13.6. The van der Waals surface area contributed by atoms with E-state index in [0.29, 0.717) is 18.8 Å². The summed E-state index contributed by atoms with van der Waals surface area (Å²) < 4.78 is 47.3. The van der Waals surface area contributed by atoms with E-state index < -0.39 is 35.4 Å². The molecule has 1 saturated carbocycles. The summed E-state index contributed by atoms with van der Waals surface area (Å²) in [5.74, 6) is -4.39. The van der Waals surface area contributed by atoms with Gasteiger partial charge in [-0.3, -0.25) is 9.59 Å². The van der Waals surface area contributed by atoms with E-state index in [1.807, 2.05) is 51.1 Å². The molecule has 3 atom stereocenters. The average molecular weight is 550 g/mol. The Bertz CT molecular complexity index is 1160. The SMILES string of the molecule is C[C@H]([C@@H](C(=O)Nc1cc([C@@H](CC(=O)OC(C)(C)C)C2CC2)ccc1Cl)C1Cc2ccccc2C1)C(F)(F)F. The van der Waals surface area contributed by atoms with Crippen molar-refractivity contribution in [2.75, 3.05) is 5.32 Å². The number of rotatable bonds is 8. The largest absolute Gasteiger partial charge is 0.460 e.